The minimum absolute atomic E-state index is 0.0407. The number of hydrogen-bond donors (Lipinski definition) is 1. The van der Waals surface area contributed by atoms with Crippen LogP contribution in [0.2, 0.25) is 0 Å². The molecule has 0 aromatic heterocycles. The molecule has 0 heterocycles. The average molecular weight is 361 g/mol. The number of nitrogens with one attached hydrogen (secondary N) is 1. The van der Waals surface area contributed by atoms with E-state index in [9.17, 15) is 9.18 Å². The molecule has 0 aliphatic carbocycles. The first-order valence-corrected chi connectivity index (χ1v) is 8.42. The van der Waals surface area contributed by atoms with E-state index in [1.165, 1.54) is 24.3 Å². The number of amides is 1. The molecule has 1 N–H and O–H groups in total. The van der Waals surface area contributed by atoms with Crippen molar-refractivity contribution in [1.82, 2.24) is 5.32 Å². The first kappa shape index (κ1) is 19.6. The van der Waals surface area contributed by atoms with Crippen LogP contribution in [0.1, 0.15) is 26.3 Å². The molecular formula is C20H24FNO4. The van der Waals surface area contributed by atoms with Gasteiger partial charge in [-0.3, -0.25) is 4.79 Å². The van der Waals surface area contributed by atoms with Crippen LogP contribution in [0.25, 0.3) is 0 Å². The largest absolute Gasteiger partial charge is 0.493 e. The van der Waals surface area contributed by atoms with E-state index in [1.54, 1.807) is 14.0 Å². The number of halogens is 1. The van der Waals surface area contributed by atoms with E-state index in [0.717, 1.165) is 5.56 Å². The van der Waals surface area contributed by atoms with Crippen molar-refractivity contribution in [2.75, 3.05) is 7.11 Å². The van der Waals surface area contributed by atoms with E-state index in [1.807, 2.05) is 32.0 Å². The van der Waals surface area contributed by atoms with Gasteiger partial charge < -0.3 is 19.5 Å². The first-order valence-electron chi connectivity index (χ1n) is 8.42. The summed E-state index contributed by atoms with van der Waals surface area (Å²) in [5.41, 5.74) is 0.875. The van der Waals surface area contributed by atoms with Gasteiger partial charge in [-0.05, 0) is 62.7 Å². The van der Waals surface area contributed by atoms with E-state index < -0.39 is 6.10 Å². The maximum absolute atomic E-state index is 12.9. The van der Waals surface area contributed by atoms with Gasteiger partial charge in [0, 0.05) is 6.54 Å². The van der Waals surface area contributed by atoms with Gasteiger partial charge in [0.15, 0.2) is 17.6 Å². The molecule has 140 valence electrons. The molecule has 0 fully saturated rings. The van der Waals surface area contributed by atoms with E-state index in [-0.39, 0.29) is 17.8 Å². The van der Waals surface area contributed by atoms with Crippen LogP contribution >= 0.6 is 0 Å². The van der Waals surface area contributed by atoms with Crippen molar-refractivity contribution < 1.29 is 23.4 Å². The zero-order chi connectivity index (χ0) is 19.1. The Labute approximate surface area is 153 Å². The van der Waals surface area contributed by atoms with Crippen molar-refractivity contribution in [3.8, 4) is 17.2 Å². The molecule has 5 nitrogen and oxygen atoms in total. The molecule has 2 rings (SSSR count). The van der Waals surface area contributed by atoms with Crippen molar-refractivity contribution in [2.45, 2.75) is 39.5 Å². The monoisotopic (exact) mass is 361 g/mol. The molecule has 0 aliphatic heterocycles. The molecule has 26 heavy (non-hydrogen) atoms. The molecule has 2 aromatic carbocycles. The van der Waals surface area contributed by atoms with Crippen LogP contribution in [-0.4, -0.2) is 25.2 Å². The second-order valence-corrected chi connectivity index (χ2v) is 6.08. The molecule has 0 aliphatic rings. The van der Waals surface area contributed by atoms with Crippen molar-refractivity contribution in [3.05, 3.63) is 53.8 Å². The Balaban J connectivity index is 1.92. The third kappa shape index (κ3) is 5.65. The SMILES string of the molecule is COc1cc(CNC(=O)[C@H](C)Oc2ccc(F)cc2)ccc1OC(C)C. The Morgan fingerprint density at radius 1 is 1.04 bits per heavy atom. The van der Waals surface area contributed by atoms with Crippen molar-refractivity contribution >= 4 is 5.91 Å². The zero-order valence-electron chi connectivity index (χ0n) is 15.4. The summed E-state index contributed by atoms with van der Waals surface area (Å²) in [6.45, 7) is 5.85. The first-order chi connectivity index (χ1) is 12.4. The maximum atomic E-state index is 12.9. The maximum Gasteiger partial charge on any atom is 0.261 e. The Morgan fingerprint density at radius 3 is 2.35 bits per heavy atom. The van der Waals surface area contributed by atoms with Crippen LogP contribution in [0.3, 0.4) is 0 Å². The van der Waals surface area contributed by atoms with Gasteiger partial charge in [-0.25, -0.2) is 4.39 Å². The van der Waals surface area contributed by atoms with Crippen molar-refractivity contribution in [3.63, 3.8) is 0 Å². The molecule has 2 aromatic rings. The quantitative estimate of drug-likeness (QED) is 0.779. The molecule has 0 unspecified atom stereocenters. The lowest BCUT2D eigenvalue weighted by molar-refractivity contribution is -0.127. The normalized spacial score (nSPS) is 11.8. The Bertz CT molecular complexity index is 731. The van der Waals surface area contributed by atoms with Crippen LogP contribution in [0.15, 0.2) is 42.5 Å². The lowest BCUT2D eigenvalue weighted by Crippen LogP contribution is -2.35. The summed E-state index contributed by atoms with van der Waals surface area (Å²) in [6, 6.07) is 11.0. The van der Waals surface area contributed by atoms with Gasteiger partial charge in [0.2, 0.25) is 0 Å². The van der Waals surface area contributed by atoms with Crippen LogP contribution in [-0.2, 0) is 11.3 Å². The van der Waals surface area contributed by atoms with Gasteiger partial charge in [-0.1, -0.05) is 6.07 Å². The topological polar surface area (TPSA) is 56.8 Å². The Kier molecular flexibility index (Phi) is 6.83. The van der Waals surface area contributed by atoms with Crippen LogP contribution in [0.5, 0.6) is 17.2 Å². The number of carbonyl (C=O) groups is 1. The fourth-order valence-corrected chi connectivity index (χ4v) is 2.28. The second-order valence-electron chi connectivity index (χ2n) is 6.08. The van der Waals surface area contributed by atoms with Crippen LogP contribution in [0, 0.1) is 5.82 Å². The number of ether oxygens (including phenoxy) is 3. The third-order valence-corrected chi connectivity index (χ3v) is 3.55. The lowest BCUT2D eigenvalue weighted by atomic mass is 10.2. The molecule has 0 saturated carbocycles. The molecule has 0 saturated heterocycles. The summed E-state index contributed by atoms with van der Waals surface area (Å²) in [5, 5.41) is 2.81. The third-order valence-electron chi connectivity index (χ3n) is 3.55. The summed E-state index contributed by atoms with van der Waals surface area (Å²) in [7, 11) is 1.57. The van der Waals surface area contributed by atoms with Crippen molar-refractivity contribution in [2.24, 2.45) is 0 Å². The van der Waals surface area contributed by atoms with Gasteiger partial charge in [-0.15, -0.1) is 0 Å². The highest BCUT2D eigenvalue weighted by molar-refractivity contribution is 5.80. The summed E-state index contributed by atoms with van der Waals surface area (Å²) in [6.07, 6.45) is -0.662. The van der Waals surface area contributed by atoms with E-state index in [0.29, 0.717) is 23.8 Å². The number of carbonyl (C=O) groups excluding carboxylic acids is 1. The molecule has 0 spiro atoms. The molecule has 6 heteroatoms. The summed E-state index contributed by atoms with van der Waals surface area (Å²) in [5.74, 6) is 1.08. The summed E-state index contributed by atoms with van der Waals surface area (Å²) in [4.78, 5) is 12.2. The number of benzene rings is 2. The lowest BCUT2D eigenvalue weighted by Gasteiger charge is -2.16. The summed E-state index contributed by atoms with van der Waals surface area (Å²) >= 11 is 0. The minimum Gasteiger partial charge on any atom is -0.493 e. The highest BCUT2D eigenvalue weighted by Gasteiger charge is 2.15. The number of methoxy groups -OCH3 is 1. The number of rotatable bonds is 8. The summed E-state index contributed by atoms with van der Waals surface area (Å²) < 4.78 is 29.4. The van der Waals surface area contributed by atoms with E-state index in [2.05, 4.69) is 5.32 Å². The Hall–Kier alpha value is -2.76. The number of hydrogen-bond acceptors (Lipinski definition) is 4. The fraction of sp³-hybridized carbons (Fsp3) is 0.350. The molecule has 1 amide bonds. The predicted molar refractivity (Wildman–Crippen MR) is 97.1 cm³/mol. The van der Waals surface area contributed by atoms with Gasteiger partial charge in [0.05, 0.1) is 13.2 Å². The fourth-order valence-electron chi connectivity index (χ4n) is 2.28. The Morgan fingerprint density at radius 2 is 1.73 bits per heavy atom. The standard InChI is InChI=1S/C20H24FNO4/c1-13(2)25-18-10-5-15(11-19(18)24-4)12-22-20(23)14(3)26-17-8-6-16(21)7-9-17/h5-11,13-14H,12H2,1-4H3,(H,22,23)/t14-/m0/s1. The van der Waals surface area contributed by atoms with Crippen molar-refractivity contribution in [1.29, 1.82) is 0 Å². The molecule has 0 radical (unpaired) electrons. The van der Waals surface area contributed by atoms with Gasteiger partial charge in [0.1, 0.15) is 11.6 Å². The molecular weight excluding hydrogens is 337 g/mol. The smallest absolute Gasteiger partial charge is 0.261 e. The molecule has 0 bridgehead atoms. The van der Waals surface area contributed by atoms with Crippen LogP contribution in [0.4, 0.5) is 4.39 Å². The highest BCUT2D eigenvalue weighted by Crippen LogP contribution is 2.28. The highest BCUT2D eigenvalue weighted by atomic mass is 19.1. The van der Waals surface area contributed by atoms with Gasteiger partial charge >= 0.3 is 0 Å². The average Bonchev–Trinajstić information content (AvgIpc) is 2.62. The second kappa shape index (κ2) is 9.08. The van der Waals surface area contributed by atoms with E-state index in [4.69, 9.17) is 14.2 Å². The zero-order valence-corrected chi connectivity index (χ0v) is 15.4. The van der Waals surface area contributed by atoms with E-state index >= 15 is 0 Å². The predicted octanol–water partition coefficient (Wildman–Crippen LogP) is 3.71. The van der Waals surface area contributed by atoms with Gasteiger partial charge in [-0.2, -0.15) is 0 Å². The minimum atomic E-state index is -0.703. The van der Waals surface area contributed by atoms with Gasteiger partial charge in [0.25, 0.3) is 5.91 Å². The van der Waals surface area contributed by atoms with Crippen LogP contribution < -0.4 is 19.5 Å². The molecule has 1 atom stereocenters.